The van der Waals surface area contributed by atoms with Gasteiger partial charge in [-0.05, 0) is 32.6 Å². The molecule has 0 atom stereocenters. The number of ether oxygens (including phenoxy) is 1. The molecule has 1 heterocycles. The highest BCUT2D eigenvalue weighted by molar-refractivity contribution is 5.88. The smallest absolute Gasteiger partial charge is 0.240 e. The van der Waals surface area contributed by atoms with E-state index in [9.17, 15) is 4.79 Å². The Kier molecular flexibility index (Phi) is 2.43. The van der Waals surface area contributed by atoms with Gasteiger partial charge in [-0.2, -0.15) is 5.26 Å². The third-order valence-electron chi connectivity index (χ3n) is 3.41. The summed E-state index contributed by atoms with van der Waals surface area (Å²) in [6, 6.07) is 2.12. The van der Waals surface area contributed by atoms with Gasteiger partial charge in [-0.15, -0.1) is 0 Å². The maximum atomic E-state index is 11.9. The lowest BCUT2D eigenvalue weighted by Crippen LogP contribution is -2.51. The van der Waals surface area contributed by atoms with Crippen LogP contribution in [0.5, 0.6) is 0 Å². The molecule has 0 radical (unpaired) electrons. The molecule has 2 rings (SSSR count). The van der Waals surface area contributed by atoms with Crippen molar-refractivity contribution in [3.8, 4) is 6.07 Å². The van der Waals surface area contributed by atoms with Crippen LogP contribution in [0.1, 0.15) is 32.6 Å². The summed E-state index contributed by atoms with van der Waals surface area (Å²) in [5, 5.41) is 11.9. The van der Waals surface area contributed by atoms with E-state index < -0.39 is 5.41 Å². The lowest BCUT2D eigenvalue weighted by atomic mass is 9.91. The summed E-state index contributed by atoms with van der Waals surface area (Å²) in [5.74, 6) is -0.0885. The van der Waals surface area contributed by atoms with Crippen molar-refractivity contribution in [2.24, 2.45) is 5.41 Å². The van der Waals surface area contributed by atoms with E-state index in [1.165, 1.54) is 0 Å². The number of rotatable bonds is 2. The minimum Gasteiger partial charge on any atom is -0.381 e. The van der Waals surface area contributed by atoms with Crippen molar-refractivity contribution in [1.82, 2.24) is 5.32 Å². The van der Waals surface area contributed by atoms with Gasteiger partial charge < -0.3 is 10.1 Å². The summed E-state index contributed by atoms with van der Waals surface area (Å²) in [6.07, 6.45) is 3.09. The summed E-state index contributed by atoms with van der Waals surface area (Å²) < 4.78 is 5.26. The number of nitriles is 1. The molecule has 1 aliphatic heterocycles. The summed E-state index contributed by atoms with van der Waals surface area (Å²) in [4.78, 5) is 11.9. The van der Waals surface area contributed by atoms with Gasteiger partial charge in [-0.1, -0.05) is 0 Å². The molecule has 0 aromatic carbocycles. The molecule has 2 aliphatic rings. The molecule has 15 heavy (non-hydrogen) atoms. The maximum absolute atomic E-state index is 11.9. The van der Waals surface area contributed by atoms with Crippen LogP contribution >= 0.6 is 0 Å². The van der Waals surface area contributed by atoms with Gasteiger partial charge >= 0.3 is 0 Å². The largest absolute Gasteiger partial charge is 0.381 e. The second kappa shape index (κ2) is 3.49. The Bertz CT molecular complexity index is 309. The van der Waals surface area contributed by atoms with E-state index in [1.54, 1.807) is 0 Å². The number of nitrogens with one attached hydrogen (secondary N) is 1. The van der Waals surface area contributed by atoms with E-state index in [2.05, 4.69) is 11.4 Å². The van der Waals surface area contributed by atoms with Crippen LogP contribution in [0.2, 0.25) is 0 Å². The van der Waals surface area contributed by atoms with E-state index >= 15 is 0 Å². The van der Waals surface area contributed by atoms with Crippen LogP contribution in [0, 0.1) is 16.7 Å². The number of hydrogen-bond acceptors (Lipinski definition) is 3. The molecule has 0 aromatic heterocycles. The Balaban J connectivity index is 1.96. The Morgan fingerprint density at radius 2 is 1.93 bits per heavy atom. The number of carbonyl (C=O) groups excluding carboxylic acids is 1. The predicted molar refractivity (Wildman–Crippen MR) is 53.9 cm³/mol. The highest BCUT2D eigenvalue weighted by atomic mass is 16.5. The lowest BCUT2D eigenvalue weighted by molar-refractivity contribution is -0.127. The molecule has 1 N–H and O–H groups in total. The van der Waals surface area contributed by atoms with E-state index in [4.69, 9.17) is 10.00 Å². The summed E-state index contributed by atoms with van der Waals surface area (Å²) in [7, 11) is 0. The van der Waals surface area contributed by atoms with Crippen LogP contribution in [0.25, 0.3) is 0 Å². The third kappa shape index (κ3) is 1.98. The SMILES string of the molecule is CC1(NC(=O)C2(C#N)CC2)CCOCC1. The first kappa shape index (κ1) is 10.4. The van der Waals surface area contributed by atoms with Crippen LogP contribution in [-0.2, 0) is 9.53 Å². The van der Waals surface area contributed by atoms with Crippen molar-refractivity contribution in [3.63, 3.8) is 0 Å². The predicted octanol–water partition coefficient (Wildman–Crippen LogP) is 0.975. The first-order chi connectivity index (χ1) is 7.10. The van der Waals surface area contributed by atoms with Crippen molar-refractivity contribution < 1.29 is 9.53 Å². The van der Waals surface area contributed by atoms with Crippen LogP contribution < -0.4 is 5.32 Å². The number of hydrogen-bond donors (Lipinski definition) is 1. The van der Waals surface area contributed by atoms with Gasteiger partial charge in [0.2, 0.25) is 5.91 Å². The van der Waals surface area contributed by atoms with Gasteiger partial charge in [0.15, 0.2) is 0 Å². The minimum atomic E-state index is -0.707. The maximum Gasteiger partial charge on any atom is 0.240 e. The quantitative estimate of drug-likeness (QED) is 0.735. The standard InChI is InChI=1S/C11H16N2O2/c1-10(4-6-15-7-5-10)13-9(14)11(8-12)2-3-11/h2-7H2,1H3,(H,13,14). The summed E-state index contributed by atoms with van der Waals surface area (Å²) in [5.41, 5.74) is -0.886. The second-order valence-corrected chi connectivity index (χ2v) is 4.82. The Labute approximate surface area is 89.6 Å². The molecule has 0 bridgehead atoms. The van der Waals surface area contributed by atoms with Gasteiger partial charge in [0.1, 0.15) is 5.41 Å². The number of nitrogens with zero attached hydrogens (tertiary/aromatic N) is 1. The minimum absolute atomic E-state index is 0.0885. The Morgan fingerprint density at radius 1 is 1.33 bits per heavy atom. The van der Waals surface area contributed by atoms with Crippen molar-refractivity contribution in [1.29, 1.82) is 5.26 Å². The molecule has 1 saturated carbocycles. The van der Waals surface area contributed by atoms with Gasteiger partial charge in [0.25, 0.3) is 0 Å². The van der Waals surface area contributed by atoms with Crippen molar-refractivity contribution >= 4 is 5.91 Å². The fourth-order valence-corrected chi connectivity index (χ4v) is 1.86. The number of carbonyl (C=O) groups is 1. The van der Waals surface area contributed by atoms with E-state index in [0.29, 0.717) is 26.1 Å². The van der Waals surface area contributed by atoms with Crippen molar-refractivity contribution in [2.45, 2.75) is 38.1 Å². The number of amides is 1. The zero-order valence-corrected chi connectivity index (χ0v) is 9.01. The van der Waals surface area contributed by atoms with Crippen molar-refractivity contribution in [3.05, 3.63) is 0 Å². The summed E-state index contributed by atoms with van der Waals surface area (Å²) >= 11 is 0. The molecular weight excluding hydrogens is 192 g/mol. The van der Waals surface area contributed by atoms with Crippen LogP contribution in [-0.4, -0.2) is 24.7 Å². The molecule has 0 aromatic rings. The van der Waals surface area contributed by atoms with Gasteiger partial charge in [-0.25, -0.2) is 0 Å². The average molecular weight is 208 g/mol. The highest BCUT2D eigenvalue weighted by Gasteiger charge is 2.52. The molecule has 4 heteroatoms. The Hall–Kier alpha value is -1.08. The molecular formula is C11H16N2O2. The Morgan fingerprint density at radius 3 is 2.40 bits per heavy atom. The van der Waals surface area contributed by atoms with Crippen molar-refractivity contribution in [2.75, 3.05) is 13.2 Å². The zero-order valence-electron chi connectivity index (χ0n) is 9.01. The van der Waals surface area contributed by atoms with Gasteiger partial charge in [0, 0.05) is 18.8 Å². The van der Waals surface area contributed by atoms with E-state index in [0.717, 1.165) is 12.8 Å². The monoisotopic (exact) mass is 208 g/mol. The van der Waals surface area contributed by atoms with Crippen LogP contribution in [0.4, 0.5) is 0 Å². The highest BCUT2D eigenvalue weighted by Crippen LogP contribution is 2.45. The van der Waals surface area contributed by atoms with Crippen LogP contribution in [0.15, 0.2) is 0 Å². The fourth-order valence-electron chi connectivity index (χ4n) is 1.86. The normalized spacial score (nSPS) is 26.4. The molecule has 2 fully saturated rings. The second-order valence-electron chi connectivity index (χ2n) is 4.82. The molecule has 1 aliphatic carbocycles. The van der Waals surface area contributed by atoms with E-state index in [-0.39, 0.29) is 11.4 Å². The molecule has 0 unspecified atom stereocenters. The molecule has 82 valence electrons. The average Bonchev–Trinajstić information content (AvgIpc) is 2.98. The lowest BCUT2D eigenvalue weighted by Gasteiger charge is -2.35. The summed E-state index contributed by atoms with van der Waals surface area (Å²) in [6.45, 7) is 3.41. The van der Waals surface area contributed by atoms with Crippen LogP contribution in [0.3, 0.4) is 0 Å². The molecule has 4 nitrogen and oxygen atoms in total. The van der Waals surface area contributed by atoms with Gasteiger partial charge in [0.05, 0.1) is 6.07 Å². The third-order valence-corrected chi connectivity index (χ3v) is 3.41. The molecule has 1 amide bonds. The molecule has 0 spiro atoms. The first-order valence-corrected chi connectivity index (χ1v) is 5.42. The molecule has 1 saturated heterocycles. The fraction of sp³-hybridized carbons (Fsp3) is 0.818. The first-order valence-electron chi connectivity index (χ1n) is 5.42. The topological polar surface area (TPSA) is 62.1 Å². The van der Waals surface area contributed by atoms with E-state index in [1.807, 2.05) is 6.92 Å². The zero-order chi connectivity index (χ0) is 10.9. The van der Waals surface area contributed by atoms with Gasteiger partial charge in [-0.3, -0.25) is 4.79 Å².